The number of pyridine rings is 1. The number of fused-ring (bicyclic) bond motifs is 1. The number of hydrogen-bond acceptors (Lipinski definition) is 10. The molecule has 1 amide bonds. The molecule has 10 nitrogen and oxygen atoms in total. The zero-order chi connectivity index (χ0) is 23.3. The predicted octanol–water partition coefficient (Wildman–Crippen LogP) is 2.61. The number of nitrogens with one attached hydrogen (secondary N) is 1. The van der Waals surface area contributed by atoms with Crippen molar-refractivity contribution in [2.24, 2.45) is 0 Å². The van der Waals surface area contributed by atoms with Gasteiger partial charge in [-0.05, 0) is 18.2 Å². The SMILES string of the molecule is C=CC(=O)N1CCC(Oc2nc(CN3CCOCC3)cc(Nc3nc4cccnc4s3)n2)CC1. The maximum atomic E-state index is 11.9. The maximum absolute atomic E-state index is 11.9. The normalized spacial score (nSPS) is 17.6. The summed E-state index contributed by atoms with van der Waals surface area (Å²) in [5.41, 5.74) is 1.71. The highest BCUT2D eigenvalue weighted by Crippen LogP contribution is 2.27. The topological polar surface area (TPSA) is 106 Å². The van der Waals surface area contributed by atoms with E-state index in [9.17, 15) is 4.79 Å². The Morgan fingerprint density at radius 1 is 1.24 bits per heavy atom. The van der Waals surface area contributed by atoms with Gasteiger partial charge in [-0.15, -0.1) is 0 Å². The van der Waals surface area contributed by atoms with Gasteiger partial charge in [-0.1, -0.05) is 17.9 Å². The number of hydrogen-bond donors (Lipinski definition) is 1. The van der Waals surface area contributed by atoms with Crippen molar-refractivity contribution in [2.75, 3.05) is 44.7 Å². The number of rotatable bonds is 7. The van der Waals surface area contributed by atoms with Gasteiger partial charge in [-0.2, -0.15) is 9.97 Å². The van der Waals surface area contributed by atoms with Crippen molar-refractivity contribution in [3.05, 3.63) is 42.7 Å². The van der Waals surface area contributed by atoms with Gasteiger partial charge in [-0.25, -0.2) is 9.97 Å². The lowest BCUT2D eigenvalue weighted by molar-refractivity contribution is -0.127. The number of anilines is 2. The molecule has 34 heavy (non-hydrogen) atoms. The molecular formula is C23H27N7O3S. The minimum Gasteiger partial charge on any atom is -0.460 e. The highest BCUT2D eigenvalue weighted by atomic mass is 32.1. The van der Waals surface area contributed by atoms with Gasteiger partial charge in [-0.3, -0.25) is 9.69 Å². The summed E-state index contributed by atoms with van der Waals surface area (Å²) >= 11 is 1.47. The largest absolute Gasteiger partial charge is 0.460 e. The second kappa shape index (κ2) is 10.4. The third-order valence-corrected chi connectivity index (χ3v) is 6.74. The van der Waals surface area contributed by atoms with Crippen molar-refractivity contribution in [3.8, 4) is 6.01 Å². The van der Waals surface area contributed by atoms with Gasteiger partial charge >= 0.3 is 6.01 Å². The summed E-state index contributed by atoms with van der Waals surface area (Å²) in [6, 6.07) is 6.08. The minimum absolute atomic E-state index is 0.0426. The monoisotopic (exact) mass is 481 g/mol. The molecule has 11 heteroatoms. The molecule has 0 unspecified atom stereocenters. The number of morpholine rings is 1. The summed E-state index contributed by atoms with van der Waals surface area (Å²) in [7, 11) is 0. The molecule has 1 N–H and O–H groups in total. The van der Waals surface area contributed by atoms with E-state index in [1.165, 1.54) is 17.4 Å². The number of amides is 1. The number of aromatic nitrogens is 4. The van der Waals surface area contributed by atoms with E-state index in [4.69, 9.17) is 14.5 Å². The Hall–Kier alpha value is -3.15. The molecule has 5 heterocycles. The van der Waals surface area contributed by atoms with E-state index in [0.29, 0.717) is 36.6 Å². The molecule has 2 aliphatic heterocycles. The number of thiazole rings is 1. The van der Waals surface area contributed by atoms with E-state index in [2.05, 4.69) is 31.7 Å². The first-order chi connectivity index (χ1) is 16.7. The molecule has 178 valence electrons. The number of nitrogens with zero attached hydrogens (tertiary/aromatic N) is 6. The van der Waals surface area contributed by atoms with E-state index < -0.39 is 0 Å². The fourth-order valence-electron chi connectivity index (χ4n) is 4.06. The van der Waals surface area contributed by atoms with E-state index in [0.717, 1.165) is 55.2 Å². The molecule has 2 fully saturated rings. The van der Waals surface area contributed by atoms with Gasteiger partial charge in [0.2, 0.25) is 5.91 Å². The second-order valence-corrected chi connectivity index (χ2v) is 9.21. The van der Waals surface area contributed by atoms with Crippen molar-refractivity contribution < 1.29 is 14.3 Å². The molecule has 0 bridgehead atoms. The second-order valence-electron chi connectivity index (χ2n) is 8.23. The Kier molecular flexibility index (Phi) is 6.93. The van der Waals surface area contributed by atoms with E-state index >= 15 is 0 Å². The van der Waals surface area contributed by atoms with Gasteiger partial charge < -0.3 is 19.7 Å². The van der Waals surface area contributed by atoms with Gasteiger partial charge in [0, 0.05) is 57.8 Å². The van der Waals surface area contributed by atoms with Gasteiger partial charge in [0.1, 0.15) is 22.3 Å². The maximum Gasteiger partial charge on any atom is 0.318 e. The highest BCUT2D eigenvalue weighted by Gasteiger charge is 2.24. The smallest absolute Gasteiger partial charge is 0.318 e. The van der Waals surface area contributed by atoms with Crippen LogP contribution in [-0.2, 0) is 16.1 Å². The molecule has 0 atom stereocenters. The van der Waals surface area contributed by atoms with Crippen LogP contribution >= 0.6 is 11.3 Å². The molecule has 0 saturated carbocycles. The van der Waals surface area contributed by atoms with Crippen molar-refractivity contribution in [3.63, 3.8) is 0 Å². The zero-order valence-electron chi connectivity index (χ0n) is 18.9. The van der Waals surface area contributed by atoms with Gasteiger partial charge in [0.25, 0.3) is 0 Å². The van der Waals surface area contributed by atoms with Crippen molar-refractivity contribution in [2.45, 2.75) is 25.5 Å². The van der Waals surface area contributed by atoms with E-state index in [-0.39, 0.29) is 12.0 Å². The fourth-order valence-corrected chi connectivity index (χ4v) is 4.88. The Balaban J connectivity index is 1.33. The average Bonchev–Trinajstić information content (AvgIpc) is 3.27. The molecule has 0 aliphatic carbocycles. The highest BCUT2D eigenvalue weighted by molar-refractivity contribution is 7.21. The molecule has 0 aromatic carbocycles. The Morgan fingerprint density at radius 3 is 2.82 bits per heavy atom. The lowest BCUT2D eigenvalue weighted by atomic mass is 10.1. The summed E-state index contributed by atoms with van der Waals surface area (Å²) in [4.78, 5) is 35.1. The molecule has 0 radical (unpaired) electrons. The van der Waals surface area contributed by atoms with Crippen molar-refractivity contribution >= 4 is 38.5 Å². The van der Waals surface area contributed by atoms with Crippen LogP contribution in [-0.4, -0.2) is 81.1 Å². The zero-order valence-corrected chi connectivity index (χ0v) is 19.7. The van der Waals surface area contributed by atoms with Gasteiger partial charge in [0.15, 0.2) is 5.13 Å². The molecular weight excluding hydrogens is 454 g/mol. The summed E-state index contributed by atoms with van der Waals surface area (Å²) in [5, 5.41) is 4.02. The summed E-state index contributed by atoms with van der Waals surface area (Å²) in [5.74, 6) is 0.589. The van der Waals surface area contributed by atoms with Crippen LogP contribution in [0.4, 0.5) is 10.9 Å². The molecule has 3 aromatic heterocycles. The summed E-state index contributed by atoms with van der Waals surface area (Å²) in [6.07, 6.45) is 4.52. The summed E-state index contributed by atoms with van der Waals surface area (Å²) in [6.45, 7) is 8.69. The van der Waals surface area contributed by atoms with Crippen LogP contribution in [0.5, 0.6) is 6.01 Å². The lowest BCUT2D eigenvalue weighted by Crippen LogP contribution is -2.41. The standard InChI is InChI=1S/C23H27N7O3S/c1-2-20(31)30-8-5-17(6-9-30)33-22-25-16(15-29-10-12-32-13-11-29)14-19(27-22)28-23-26-18-4-3-7-24-21(18)34-23/h2-4,7,14,17H,1,5-6,8-13,15H2,(H,25,26,27,28). The van der Waals surface area contributed by atoms with Crippen LogP contribution < -0.4 is 10.1 Å². The molecule has 2 aliphatic rings. The number of carbonyl (C=O) groups is 1. The van der Waals surface area contributed by atoms with Crippen LogP contribution in [0.3, 0.4) is 0 Å². The average molecular weight is 482 g/mol. The first-order valence-electron chi connectivity index (χ1n) is 11.4. The first kappa shape index (κ1) is 22.6. The molecule has 2 saturated heterocycles. The van der Waals surface area contributed by atoms with Crippen LogP contribution in [0, 0.1) is 0 Å². The minimum atomic E-state index is -0.0491. The number of ether oxygens (including phenoxy) is 2. The predicted molar refractivity (Wildman–Crippen MR) is 129 cm³/mol. The van der Waals surface area contributed by atoms with Crippen LogP contribution in [0.2, 0.25) is 0 Å². The van der Waals surface area contributed by atoms with Crippen LogP contribution in [0.1, 0.15) is 18.5 Å². The number of likely N-dealkylation sites (tertiary alicyclic amines) is 1. The Morgan fingerprint density at radius 2 is 2.06 bits per heavy atom. The lowest BCUT2D eigenvalue weighted by Gasteiger charge is -2.31. The van der Waals surface area contributed by atoms with E-state index in [1.807, 2.05) is 18.2 Å². The van der Waals surface area contributed by atoms with Crippen molar-refractivity contribution in [1.29, 1.82) is 0 Å². The molecule has 3 aromatic rings. The quantitative estimate of drug-likeness (QED) is 0.510. The third kappa shape index (κ3) is 5.49. The number of piperidine rings is 1. The summed E-state index contributed by atoms with van der Waals surface area (Å²) < 4.78 is 11.7. The van der Waals surface area contributed by atoms with Gasteiger partial charge in [0.05, 0.1) is 18.9 Å². The Labute approximate surface area is 201 Å². The van der Waals surface area contributed by atoms with Crippen molar-refractivity contribution in [1.82, 2.24) is 29.7 Å². The molecule has 5 rings (SSSR count). The fraction of sp³-hybridized carbons (Fsp3) is 0.435. The Bertz CT molecular complexity index is 1120. The third-order valence-electron chi connectivity index (χ3n) is 5.85. The number of carbonyl (C=O) groups excluding carboxylic acids is 1. The van der Waals surface area contributed by atoms with E-state index in [1.54, 1.807) is 11.1 Å². The van der Waals surface area contributed by atoms with Crippen LogP contribution in [0.15, 0.2) is 37.1 Å². The first-order valence-corrected chi connectivity index (χ1v) is 12.2. The van der Waals surface area contributed by atoms with Crippen LogP contribution in [0.25, 0.3) is 10.3 Å². The molecule has 0 spiro atoms.